The van der Waals surface area contributed by atoms with Crippen molar-refractivity contribution in [1.29, 1.82) is 0 Å². The largest absolute Gasteiger partial charge is 0.294 e. The van der Waals surface area contributed by atoms with Gasteiger partial charge in [-0.2, -0.15) is 0 Å². The summed E-state index contributed by atoms with van der Waals surface area (Å²) in [6.07, 6.45) is 1.49. The van der Waals surface area contributed by atoms with E-state index in [0.717, 1.165) is 44.8 Å². The zero-order valence-corrected chi connectivity index (χ0v) is 19.5. The van der Waals surface area contributed by atoms with Crippen LogP contribution < -0.4 is 4.90 Å². The van der Waals surface area contributed by atoms with Crippen LogP contribution in [-0.4, -0.2) is 11.7 Å². The van der Waals surface area contributed by atoms with Gasteiger partial charge in [-0.25, -0.2) is 0 Å². The van der Waals surface area contributed by atoms with Gasteiger partial charge in [-0.15, -0.1) is 0 Å². The lowest BCUT2D eigenvalue weighted by Gasteiger charge is -2.41. The molecule has 0 spiro atoms. The van der Waals surface area contributed by atoms with Crippen LogP contribution in [0.1, 0.15) is 58.9 Å². The van der Waals surface area contributed by atoms with Gasteiger partial charge in [-0.1, -0.05) is 72.3 Å². The van der Waals surface area contributed by atoms with Crippen LogP contribution in [0.4, 0.5) is 5.69 Å². The monoisotopic (exact) mass is 435 g/mol. The molecule has 166 valence electrons. The van der Waals surface area contributed by atoms with Crippen LogP contribution in [0.2, 0.25) is 0 Å². The Kier molecular flexibility index (Phi) is 5.49. The van der Waals surface area contributed by atoms with E-state index in [1.54, 1.807) is 0 Å². The average Bonchev–Trinajstić information content (AvgIpc) is 2.81. The van der Waals surface area contributed by atoms with Crippen molar-refractivity contribution in [3.05, 3.63) is 112 Å². The van der Waals surface area contributed by atoms with E-state index in [0.29, 0.717) is 19.3 Å². The molecule has 0 fully saturated rings. The van der Waals surface area contributed by atoms with Crippen molar-refractivity contribution in [1.82, 2.24) is 0 Å². The van der Waals surface area contributed by atoms with Gasteiger partial charge < -0.3 is 0 Å². The maximum Gasteiger partial charge on any atom is 0.232 e. The topological polar surface area (TPSA) is 37.4 Å². The van der Waals surface area contributed by atoms with Gasteiger partial charge >= 0.3 is 0 Å². The highest BCUT2D eigenvalue weighted by Gasteiger charge is 2.42. The molecule has 0 saturated carbocycles. The van der Waals surface area contributed by atoms with E-state index < -0.39 is 0 Å². The third-order valence-corrected chi connectivity index (χ3v) is 7.05. The van der Waals surface area contributed by atoms with Gasteiger partial charge in [0.2, 0.25) is 5.91 Å². The first-order valence-electron chi connectivity index (χ1n) is 11.7. The van der Waals surface area contributed by atoms with Crippen LogP contribution in [0, 0.1) is 20.8 Å². The summed E-state index contributed by atoms with van der Waals surface area (Å²) in [5.41, 5.74) is 8.12. The van der Waals surface area contributed by atoms with Gasteiger partial charge in [0.05, 0.1) is 5.69 Å². The number of amides is 1. The van der Waals surface area contributed by atoms with E-state index in [1.807, 2.05) is 43.0 Å². The summed E-state index contributed by atoms with van der Waals surface area (Å²) in [5, 5.41) is 0. The van der Waals surface area contributed by atoms with Crippen molar-refractivity contribution in [3.63, 3.8) is 0 Å². The molecule has 1 heterocycles. The molecule has 2 aliphatic rings. The number of carbonyl (C=O) groups is 2. The second-order valence-corrected chi connectivity index (χ2v) is 9.49. The number of carbonyl (C=O) groups excluding carboxylic acids is 2. The zero-order valence-electron chi connectivity index (χ0n) is 19.5. The summed E-state index contributed by atoms with van der Waals surface area (Å²) >= 11 is 0. The lowest BCUT2D eigenvalue weighted by Crippen LogP contribution is -2.42. The molecule has 3 aromatic rings. The normalized spacial score (nSPS) is 20.8. The molecule has 0 aromatic heterocycles. The summed E-state index contributed by atoms with van der Waals surface area (Å²) in [5.74, 6) is 0.127. The number of rotatable bonds is 3. The lowest BCUT2D eigenvalue weighted by molar-refractivity contribution is -0.120. The zero-order chi connectivity index (χ0) is 23.1. The van der Waals surface area contributed by atoms with E-state index in [9.17, 15) is 9.59 Å². The number of hydrogen-bond donors (Lipinski definition) is 0. The Morgan fingerprint density at radius 1 is 0.727 bits per heavy atom. The van der Waals surface area contributed by atoms with Crippen LogP contribution in [-0.2, 0) is 9.59 Å². The molecule has 1 aliphatic carbocycles. The lowest BCUT2D eigenvalue weighted by atomic mass is 9.72. The number of benzene rings is 3. The Bertz CT molecular complexity index is 1270. The molecule has 3 nitrogen and oxygen atoms in total. The van der Waals surface area contributed by atoms with Crippen molar-refractivity contribution in [2.75, 3.05) is 4.90 Å². The van der Waals surface area contributed by atoms with Crippen molar-refractivity contribution in [3.8, 4) is 0 Å². The number of nitrogens with zero attached hydrogens (tertiary/aromatic N) is 1. The van der Waals surface area contributed by atoms with Gasteiger partial charge in [0.25, 0.3) is 0 Å². The summed E-state index contributed by atoms with van der Waals surface area (Å²) < 4.78 is 0. The number of ketones is 1. The Morgan fingerprint density at radius 2 is 1.45 bits per heavy atom. The van der Waals surface area contributed by atoms with Gasteiger partial charge in [0.1, 0.15) is 0 Å². The Morgan fingerprint density at radius 3 is 2.21 bits per heavy atom. The summed E-state index contributed by atoms with van der Waals surface area (Å²) in [4.78, 5) is 29.3. The summed E-state index contributed by atoms with van der Waals surface area (Å²) in [7, 11) is 0. The highest BCUT2D eigenvalue weighted by atomic mass is 16.2. The SMILES string of the molecule is Cc1cccc(C2CC(=O)N(c3cc(C)ccc3C)C3=C2C(=O)CC(c2ccccc2)C3)c1. The van der Waals surface area contributed by atoms with E-state index >= 15 is 0 Å². The minimum atomic E-state index is -0.182. The van der Waals surface area contributed by atoms with E-state index in [4.69, 9.17) is 0 Å². The van der Waals surface area contributed by atoms with Crippen LogP contribution >= 0.6 is 0 Å². The molecule has 2 atom stereocenters. The van der Waals surface area contributed by atoms with Crippen molar-refractivity contribution < 1.29 is 9.59 Å². The van der Waals surface area contributed by atoms with Gasteiger partial charge in [0.15, 0.2) is 5.78 Å². The number of Topliss-reactive ketones (excluding diaryl/α,β-unsaturated/α-hetero) is 1. The Hall–Kier alpha value is -3.46. The predicted octanol–water partition coefficient (Wildman–Crippen LogP) is 6.53. The molecule has 1 aliphatic heterocycles. The maximum absolute atomic E-state index is 13.7. The third-order valence-electron chi connectivity index (χ3n) is 7.05. The first kappa shape index (κ1) is 21.4. The molecular formula is C30H29NO2. The average molecular weight is 436 g/mol. The second-order valence-electron chi connectivity index (χ2n) is 9.49. The fourth-order valence-corrected chi connectivity index (χ4v) is 5.41. The molecule has 3 heteroatoms. The van der Waals surface area contributed by atoms with Crippen molar-refractivity contribution in [2.45, 2.75) is 51.9 Å². The molecule has 1 amide bonds. The van der Waals surface area contributed by atoms with Gasteiger partial charge in [0, 0.05) is 30.0 Å². The van der Waals surface area contributed by atoms with Crippen LogP contribution in [0.5, 0.6) is 0 Å². The van der Waals surface area contributed by atoms with Gasteiger partial charge in [-0.05, 0) is 61.4 Å². The van der Waals surface area contributed by atoms with Crippen LogP contribution in [0.15, 0.2) is 84.1 Å². The van der Waals surface area contributed by atoms with E-state index in [-0.39, 0.29) is 23.5 Å². The first-order chi connectivity index (χ1) is 15.9. The minimum absolute atomic E-state index is 0.0652. The molecule has 3 aromatic carbocycles. The van der Waals surface area contributed by atoms with E-state index in [2.05, 4.69) is 55.5 Å². The quantitative estimate of drug-likeness (QED) is 0.469. The first-order valence-corrected chi connectivity index (χ1v) is 11.7. The minimum Gasteiger partial charge on any atom is -0.294 e. The molecule has 0 saturated heterocycles. The van der Waals surface area contributed by atoms with Crippen molar-refractivity contribution in [2.24, 2.45) is 0 Å². The Labute approximate surface area is 195 Å². The molecule has 2 unspecified atom stereocenters. The van der Waals surface area contributed by atoms with Crippen LogP contribution in [0.25, 0.3) is 0 Å². The maximum atomic E-state index is 13.7. The fourth-order valence-electron chi connectivity index (χ4n) is 5.41. The number of allylic oxidation sites excluding steroid dienone is 2. The highest BCUT2D eigenvalue weighted by molar-refractivity contribution is 6.08. The standard InChI is InChI=1S/C30H29NO2/c1-19-8-7-11-23(14-19)25-18-29(33)31(26-15-20(2)12-13-21(26)3)27-16-24(17-28(32)30(25)27)22-9-5-4-6-10-22/h4-15,24-25H,16-18H2,1-3H3. The highest BCUT2D eigenvalue weighted by Crippen LogP contribution is 2.47. The molecule has 0 N–H and O–H groups in total. The molecule has 0 radical (unpaired) electrons. The number of aryl methyl sites for hydroxylation is 3. The Balaban J connectivity index is 1.69. The molecule has 0 bridgehead atoms. The predicted molar refractivity (Wildman–Crippen MR) is 132 cm³/mol. The number of anilines is 1. The van der Waals surface area contributed by atoms with E-state index in [1.165, 1.54) is 0 Å². The molecular weight excluding hydrogens is 406 g/mol. The molecule has 5 rings (SSSR count). The van der Waals surface area contributed by atoms with Crippen molar-refractivity contribution >= 4 is 17.4 Å². The second kappa shape index (κ2) is 8.47. The van der Waals surface area contributed by atoms with Crippen LogP contribution in [0.3, 0.4) is 0 Å². The number of hydrogen-bond acceptors (Lipinski definition) is 2. The summed E-state index contributed by atoms with van der Waals surface area (Å²) in [6.45, 7) is 6.13. The summed E-state index contributed by atoms with van der Waals surface area (Å²) in [6, 6.07) is 24.7. The molecule has 33 heavy (non-hydrogen) atoms. The third kappa shape index (κ3) is 3.93. The smallest absolute Gasteiger partial charge is 0.232 e. The van der Waals surface area contributed by atoms with Gasteiger partial charge in [-0.3, -0.25) is 14.5 Å². The fraction of sp³-hybridized carbons (Fsp3) is 0.267.